The highest BCUT2D eigenvalue weighted by molar-refractivity contribution is 7.26. The monoisotopic (exact) mass is 767 g/mol. The van der Waals surface area contributed by atoms with Gasteiger partial charge in [-0.25, -0.2) is 0 Å². The molecule has 12 rings (SSSR count). The Morgan fingerprint density at radius 3 is 2.22 bits per heavy atom. The van der Waals surface area contributed by atoms with Crippen LogP contribution < -0.4 is 21.1 Å². The summed E-state index contributed by atoms with van der Waals surface area (Å²) in [6.07, 6.45) is 2.37. The van der Waals surface area contributed by atoms with Gasteiger partial charge in [-0.2, -0.15) is 0 Å². The maximum Gasteiger partial charge on any atom is 0.198 e. The average Bonchev–Trinajstić information content (AvgIpc) is 3.79. The largest absolute Gasteiger partial charge is 0.454 e. The highest BCUT2D eigenvalue weighted by Gasteiger charge is 2.43. The zero-order valence-corrected chi connectivity index (χ0v) is 34.7. The molecule has 0 spiro atoms. The summed E-state index contributed by atoms with van der Waals surface area (Å²) in [5.74, 6) is 0. The third-order valence-corrected chi connectivity index (χ3v) is 15.1. The third kappa shape index (κ3) is 4.62. The Hall–Kier alpha value is -5.78. The smallest absolute Gasteiger partial charge is 0.198 e. The van der Waals surface area contributed by atoms with Gasteiger partial charge in [0.2, 0.25) is 0 Å². The minimum absolute atomic E-state index is 0.105. The molecule has 7 aromatic carbocycles. The van der Waals surface area contributed by atoms with Crippen LogP contribution in [0.5, 0.6) is 0 Å². The number of anilines is 5. The molecule has 0 saturated heterocycles. The lowest BCUT2D eigenvalue weighted by atomic mass is 9.55. The number of thiophene rings is 1. The van der Waals surface area contributed by atoms with Crippen molar-refractivity contribution in [1.29, 1.82) is 0 Å². The van der Waals surface area contributed by atoms with Crippen LogP contribution in [-0.2, 0) is 16.2 Å². The first kappa shape index (κ1) is 34.3. The van der Waals surface area contributed by atoms with E-state index in [0.717, 1.165) is 39.0 Å². The van der Waals surface area contributed by atoms with E-state index in [1.54, 1.807) is 0 Å². The Labute approximate surface area is 344 Å². The highest BCUT2D eigenvalue weighted by atomic mass is 32.1. The molecule has 9 aromatic rings. The number of nitrogens with one attached hydrogen (secondary N) is 1. The first-order valence-electron chi connectivity index (χ1n) is 20.7. The number of furan rings is 1. The number of benzene rings is 7. The third-order valence-electron chi connectivity index (χ3n) is 13.9. The van der Waals surface area contributed by atoms with Crippen molar-refractivity contribution in [1.82, 2.24) is 0 Å². The second-order valence-corrected chi connectivity index (χ2v) is 19.7. The molecule has 1 N–H and O–H groups in total. The number of para-hydroxylation sites is 3. The lowest BCUT2D eigenvalue weighted by Crippen LogP contribution is -2.45. The molecule has 2 aromatic heterocycles. The molecule has 3 aliphatic rings. The van der Waals surface area contributed by atoms with Crippen molar-refractivity contribution in [3.05, 3.63) is 150 Å². The Morgan fingerprint density at radius 2 is 1.36 bits per heavy atom. The summed E-state index contributed by atoms with van der Waals surface area (Å²) in [6.45, 7) is 14.4. The lowest BCUT2D eigenvalue weighted by molar-refractivity contribution is 0.332. The molecule has 2 aliphatic heterocycles. The first-order chi connectivity index (χ1) is 28.0. The lowest BCUT2D eigenvalue weighted by Gasteiger charge is -2.45. The van der Waals surface area contributed by atoms with E-state index < -0.39 is 0 Å². The maximum absolute atomic E-state index is 7.00. The minimum Gasteiger partial charge on any atom is -0.454 e. The van der Waals surface area contributed by atoms with Gasteiger partial charge in [0, 0.05) is 59.0 Å². The van der Waals surface area contributed by atoms with Crippen LogP contribution in [0.4, 0.5) is 28.4 Å². The second kappa shape index (κ2) is 11.7. The van der Waals surface area contributed by atoms with Gasteiger partial charge in [-0.3, -0.25) is 0 Å². The molecule has 0 atom stereocenters. The van der Waals surface area contributed by atoms with E-state index in [9.17, 15) is 0 Å². The zero-order chi connectivity index (χ0) is 39.3. The summed E-state index contributed by atoms with van der Waals surface area (Å²) in [7, 11) is 2.44. The number of fused-ring (bicyclic) bond motifs is 12. The molecule has 58 heavy (non-hydrogen) atoms. The van der Waals surface area contributed by atoms with Gasteiger partial charge in [0.25, 0.3) is 0 Å². The summed E-state index contributed by atoms with van der Waals surface area (Å²) in [4.78, 5) is 2.53. The number of rotatable bonds is 3. The van der Waals surface area contributed by atoms with E-state index >= 15 is 0 Å². The van der Waals surface area contributed by atoms with Crippen molar-refractivity contribution in [3.63, 3.8) is 0 Å². The standard InChI is InChI=1S/C53H44BN2OS/c1-51(2)26-27-52(3,4)39-28-30(22-24-36(39)51)55-41-25-23-33-32-15-8-12-21-44(32)58-50(33)45(41)35-29-34-31-14-7-11-20-43(31)57-49(34)48-46(35)54-40-18-13-17-38-47(40)56(48)42-19-10-9-16-37(42)53(38,5)6/h7-25,28-29,55H,26-27H2,1-6H3. The summed E-state index contributed by atoms with van der Waals surface area (Å²) >= 11 is 1.90. The second-order valence-electron chi connectivity index (χ2n) is 18.6. The molecular weight excluding hydrogens is 723 g/mol. The van der Waals surface area contributed by atoms with Crippen molar-refractivity contribution >= 4 is 100 Å². The summed E-state index contributed by atoms with van der Waals surface area (Å²) in [6, 6.07) is 47.4. The van der Waals surface area contributed by atoms with E-state index in [1.807, 2.05) is 11.3 Å². The van der Waals surface area contributed by atoms with Crippen LogP contribution in [0.15, 0.2) is 132 Å². The van der Waals surface area contributed by atoms with Crippen LogP contribution >= 0.6 is 11.3 Å². The van der Waals surface area contributed by atoms with Crippen LogP contribution in [-0.4, -0.2) is 7.28 Å². The van der Waals surface area contributed by atoms with Gasteiger partial charge in [-0.15, -0.1) is 11.3 Å². The fourth-order valence-electron chi connectivity index (χ4n) is 10.7. The van der Waals surface area contributed by atoms with Crippen molar-refractivity contribution in [2.75, 3.05) is 10.2 Å². The van der Waals surface area contributed by atoms with Gasteiger partial charge in [-0.1, -0.05) is 132 Å². The molecule has 0 bridgehead atoms. The van der Waals surface area contributed by atoms with Gasteiger partial charge in [0.1, 0.15) is 5.58 Å². The van der Waals surface area contributed by atoms with E-state index in [1.165, 1.54) is 88.7 Å². The fourth-order valence-corrected chi connectivity index (χ4v) is 12.0. The van der Waals surface area contributed by atoms with Gasteiger partial charge in [0.05, 0.1) is 11.4 Å². The van der Waals surface area contributed by atoms with Crippen LogP contribution in [0.25, 0.3) is 53.2 Å². The normalized spacial score (nSPS) is 16.8. The topological polar surface area (TPSA) is 28.4 Å². The van der Waals surface area contributed by atoms with Crippen molar-refractivity contribution in [3.8, 4) is 11.1 Å². The molecule has 3 nitrogen and oxygen atoms in total. The quantitative estimate of drug-likeness (QED) is 0.182. The molecule has 5 heteroatoms. The Bertz CT molecular complexity index is 3240. The summed E-state index contributed by atoms with van der Waals surface area (Å²) in [5, 5.41) is 8.89. The van der Waals surface area contributed by atoms with Gasteiger partial charge >= 0.3 is 0 Å². The summed E-state index contributed by atoms with van der Waals surface area (Å²) < 4.78 is 9.58. The number of hydrogen-bond acceptors (Lipinski definition) is 4. The maximum atomic E-state index is 7.00. The predicted molar refractivity (Wildman–Crippen MR) is 249 cm³/mol. The van der Waals surface area contributed by atoms with Crippen LogP contribution in [0.2, 0.25) is 0 Å². The first-order valence-corrected chi connectivity index (χ1v) is 21.5. The van der Waals surface area contributed by atoms with Crippen molar-refractivity contribution < 1.29 is 4.42 Å². The molecule has 4 heterocycles. The molecule has 1 radical (unpaired) electrons. The average molecular weight is 768 g/mol. The Morgan fingerprint density at radius 1 is 0.621 bits per heavy atom. The molecular formula is C53H44BN2OS. The van der Waals surface area contributed by atoms with Crippen molar-refractivity contribution in [2.45, 2.75) is 70.6 Å². The highest BCUT2D eigenvalue weighted by Crippen LogP contribution is 2.55. The summed E-state index contributed by atoms with van der Waals surface area (Å²) in [5.41, 5.74) is 18.1. The Kier molecular flexibility index (Phi) is 6.90. The van der Waals surface area contributed by atoms with Gasteiger partial charge in [0.15, 0.2) is 12.9 Å². The molecule has 0 saturated carbocycles. The zero-order valence-electron chi connectivity index (χ0n) is 33.9. The van der Waals surface area contributed by atoms with Crippen LogP contribution in [0.1, 0.15) is 76.6 Å². The van der Waals surface area contributed by atoms with Gasteiger partial charge in [-0.05, 0) is 99.4 Å². The van der Waals surface area contributed by atoms with E-state index in [4.69, 9.17) is 4.42 Å². The minimum atomic E-state index is -0.174. The molecule has 0 fully saturated rings. The molecule has 0 unspecified atom stereocenters. The van der Waals surface area contributed by atoms with Crippen LogP contribution in [0, 0.1) is 0 Å². The predicted octanol–water partition coefficient (Wildman–Crippen LogP) is 13.8. The van der Waals surface area contributed by atoms with Gasteiger partial charge < -0.3 is 14.6 Å². The Balaban J connectivity index is 1.19. The molecule has 281 valence electrons. The molecule has 1 aliphatic carbocycles. The van der Waals surface area contributed by atoms with Crippen LogP contribution in [0.3, 0.4) is 0 Å². The molecule has 0 amide bonds. The fraction of sp³-hybridized carbons (Fsp3) is 0.208. The van der Waals surface area contributed by atoms with E-state index in [-0.39, 0.29) is 16.2 Å². The van der Waals surface area contributed by atoms with E-state index in [2.05, 4.69) is 186 Å². The SMILES string of the molecule is CC1(C)CCC(C)(C)c2cc(Nc3ccc4c(sc5ccccc54)c3-c3cc4c(oc5ccccc54)c4c3[B]c3cccc5c3N4c3ccccc3C5(C)C)ccc21. The number of nitrogens with zero attached hydrogens (tertiary/aromatic N) is 1. The van der Waals surface area contributed by atoms with E-state index in [0.29, 0.717) is 0 Å². The number of hydrogen-bond donors (Lipinski definition) is 1. The van der Waals surface area contributed by atoms with Crippen molar-refractivity contribution in [2.24, 2.45) is 0 Å².